The third-order valence-corrected chi connectivity index (χ3v) is 15.3. The van der Waals surface area contributed by atoms with Crippen LogP contribution in [0.15, 0.2) is 0 Å². The number of ether oxygens (including phenoxy) is 1. The number of hydrogen-bond acceptors (Lipinski definition) is 5. The Morgan fingerprint density at radius 2 is 1.44 bits per heavy atom. The van der Waals surface area contributed by atoms with E-state index in [1.54, 1.807) is 0 Å². The van der Waals surface area contributed by atoms with Gasteiger partial charge in [-0.3, -0.25) is 4.79 Å². The molecule has 0 amide bonds. The smallest absolute Gasteiger partial charge is 0.305 e. The van der Waals surface area contributed by atoms with Crippen molar-refractivity contribution < 1.29 is 22.8 Å². The molecule has 4 rings (SSSR count). The average molecular weight is 653 g/mol. The molecular weight excluding hydrogens is 585 g/mol. The molecule has 6 unspecified atom stereocenters. The van der Waals surface area contributed by atoms with Gasteiger partial charge in [0.25, 0.3) is 0 Å². The standard InChI is InChI=1S/C35H68O5Si3/c1-24(15-14-16-32(36)37-4)27-17-18-28-33-29(23-31(35(27,28)3)40-43(11,12)13)34(2)20-19-26(38-41(5,6)7)21-25(34)22-30(33)39-42(8,9)10/h24-31,33H,14-23H2,1-13H3/t24-,25?,26-,27?,28?,29?,30?,31+,33?,34+,35-/m1/s1. The van der Waals surface area contributed by atoms with Crippen LogP contribution in [0.3, 0.4) is 0 Å². The lowest BCUT2D eigenvalue weighted by Gasteiger charge is -2.66. The molecule has 0 saturated heterocycles. The van der Waals surface area contributed by atoms with Gasteiger partial charge in [0.05, 0.1) is 13.2 Å². The third-order valence-electron chi connectivity index (χ3n) is 12.2. The molecule has 0 aromatic carbocycles. The summed E-state index contributed by atoms with van der Waals surface area (Å²) in [5.74, 6) is 3.67. The van der Waals surface area contributed by atoms with Crippen LogP contribution >= 0.6 is 0 Å². The molecule has 0 spiro atoms. The number of methoxy groups -OCH3 is 1. The van der Waals surface area contributed by atoms with Crippen molar-refractivity contribution in [1.29, 1.82) is 0 Å². The van der Waals surface area contributed by atoms with Gasteiger partial charge in [0.1, 0.15) is 0 Å². The van der Waals surface area contributed by atoms with Gasteiger partial charge in [-0.05, 0) is 163 Å². The van der Waals surface area contributed by atoms with Gasteiger partial charge in [0.15, 0.2) is 25.0 Å². The summed E-state index contributed by atoms with van der Waals surface area (Å²) in [6.45, 7) is 29.2. The molecule has 0 N–H and O–H groups in total. The van der Waals surface area contributed by atoms with Crippen molar-refractivity contribution >= 4 is 30.9 Å². The molecular formula is C35H68O5Si3. The molecule has 0 aromatic rings. The highest BCUT2D eigenvalue weighted by Crippen LogP contribution is 2.69. The lowest BCUT2D eigenvalue weighted by molar-refractivity contribution is -0.199. The quantitative estimate of drug-likeness (QED) is 0.164. The van der Waals surface area contributed by atoms with E-state index in [2.05, 4.69) is 79.7 Å². The van der Waals surface area contributed by atoms with E-state index in [1.807, 2.05) is 0 Å². The lowest BCUT2D eigenvalue weighted by atomic mass is 9.43. The second-order valence-corrected chi connectivity index (χ2v) is 32.0. The zero-order valence-electron chi connectivity index (χ0n) is 30.3. The molecule has 4 aliphatic rings. The maximum absolute atomic E-state index is 11.9. The zero-order chi connectivity index (χ0) is 32.2. The van der Waals surface area contributed by atoms with E-state index in [0.717, 1.165) is 12.8 Å². The molecule has 5 nitrogen and oxygen atoms in total. The minimum Gasteiger partial charge on any atom is -0.469 e. The van der Waals surface area contributed by atoms with Crippen molar-refractivity contribution in [3.05, 3.63) is 0 Å². The number of esters is 1. The van der Waals surface area contributed by atoms with Crippen molar-refractivity contribution in [3.63, 3.8) is 0 Å². The molecule has 0 heterocycles. The Labute approximate surface area is 268 Å². The van der Waals surface area contributed by atoms with Gasteiger partial charge in [-0.15, -0.1) is 0 Å². The fourth-order valence-electron chi connectivity index (χ4n) is 10.7. The first-order valence-electron chi connectivity index (χ1n) is 17.8. The molecule has 0 aromatic heterocycles. The van der Waals surface area contributed by atoms with E-state index in [1.165, 1.54) is 52.1 Å². The molecule has 0 bridgehead atoms. The summed E-state index contributed by atoms with van der Waals surface area (Å²) in [6.07, 6.45) is 12.3. The molecule has 0 aliphatic heterocycles. The Morgan fingerprint density at radius 1 is 0.814 bits per heavy atom. The van der Waals surface area contributed by atoms with E-state index in [-0.39, 0.29) is 11.4 Å². The predicted molar refractivity (Wildman–Crippen MR) is 186 cm³/mol. The Hall–Kier alpha value is 0.000649. The number of hydrogen-bond donors (Lipinski definition) is 0. The lowest BCUT2D eigenvalue weighted by Crippen LogP contribution is -2.64. The molecule has 250 valence electrons. The Bertz CT molecular complexity index is 970. The van der Waals surface area contributed by atoms with E-state index in [4.69, 9.17) is 18.0 Å². The Kier molecular flexibility index (Phi) is 10.7. The molecule has 4 saturated carbocycles. The van der Waals surface area contributed by atoms with Crippen LogP contribution in [0.2, 0.25) is 58.9 Å². The number of fused-ring (bicyclic) bond motifs is 5. The summed E-state index contributed by atoms with van der Waals surface area (Å²) in [5, 5.41) is 0. The highest BCUT2D eigenvalue weighted by Gasteiger charge is 2.67. The predicted octanol–water partition coefficient (Wildman–Crippen LogP) is 9.50. The molecule has 4 aliphatic carbocycles. The summed E-state index contributed by atoms with van der Waals surface area (Å²) in [6, 6.07) is 0. The zero-order valence-corrected chi connectivity index (χ0v) is 33.3. The van der Waals surface area contributed by atoms with Crippen molar-refractivity contribution in [3.8, 4) is 0 Å². The first-order valence-corrected chi connectivity index (χ1v) is 28.0. The first kappa shape index (κ1) is 35.8. The topological polar surface area (TPSA) is 54.0 Å². The van der Waals surface area contributed by atoms with Crippen LogP contribution in [-0.4, -0.2) is 56.3 Å². The maximum Gasteiger partial charge on any atom is 0.305 e. The molecule has 8 heteroatoms. The Morgan fingerprint density at radius 3 is 2.02 bits per heavy atom. The number of carbonyl (C=O) groups is 1. The van der Waals surface area contributed by atoms with Gasteiger partial charge >= 0.3 is 5.97 Å². The Balaban J connectivity index is 1.70. The van der Waals surface area contributed by atoms with Gasteiger partial charge in [0, 0.05) is 18.6 Å². The van der Waals surface area contributed by atoms with Crippen LogP contribution in [-0.2, 0) is 22.8 Å². The molecule has 4 fully saturated rings. The summed E-state index contributed by atoms with van der Waals surface area (Å²) < 4.78 is 26.4. The van der Waals surface area contributed by atoms with Crippen LogP contribution in [0, 0.1) is 46.3 Å². The van der Waals surface area contributed by atoms with Crippen molar-refractivity contribution in [2.75, 3.05) is 7.11 Å². The summed E-state index contributed by atoms with van der Waals surface area (Å²) in [4.78, 5) is 11.9. The highest BCUT2D eigenvalue weighted by atomic mass is 28.4. The summed E-state index contributed by atoms with van der Waals surface area (Å²) in [7, 11) is -3.60. The molecule has 0 radical (unpaired) electrons. The summed E-state index contributed by atoms with van der Waals surface area (Å²) in [5.41, 5.74) is 0.477. The van der Waals surface area contributed by atoms with Crippen LogP contribution in [0.5, 0.6) is 0 Å². The van der Waals surface area contributed by atoms with E-state index < -0.39 is 25.0 Å². The molecule has 43 heavy (non-hydrogen) atoms. The van der Waals surface area contributed by atoms with Crippen LogP contribution < -0.4 is 0 Å². The normalized spacial score (nSPS) is 40.8. The third kappa shape index (κ3) is 7.94. The maximum atomic E-state index is 11.9. The monoisotopic (exact) mass is 652 g/mol. The van der Waals surface area contributed by atoms with E-state index in [0.29, 0.717) is 65.7 Å². The largest absolute Gasteiger partial charge is 0.469 e. The number of carbonyl (C=O) groups excluding carboxylic acids is 1. The summed E-state index contributed by atoms with van der Waals surface area (Å²) >= 11 is 0. The van der Waals surface area contributed by atoms with Crippen molar-refractivity contribution in [1.82, 2.24) is 0 Å². The van der Waals surface area contributed by atoms with Crippen LogP contribution in [0.1, 0.15) is 85.0 Å². The van der Waals surface area contributed by atoms with Crippen molar-refractivity contribution in [2.24, 2.45) is 46.3 Å². The minimum atomic E-state index is -1.78. The first-order chi connectivity index (χ1) is 19.7. The fourth-order valence-corrected chi connectivity index (χ4v) is 14.3. The SMILES string of the molecule is COC(=O)CCC[C@@H](C)C1CCC2C3C(O[Si](C)(C)C)CC4C[C@H](O[Si](C)(C)C)CC[C@]4(C)C3C[C@H](O[Si](C)(C)C)[C@@]21C. The molecule has 11 atom stereocenters. The van der Waals surface area contributed by atoms with E-state index in [9.17, 15) is 4.79 Å². The van der Waals surface area contributed by atoms with Gasteiger partial charge in [-0.2, -0.15) is 0 Å². The average Bonchev–Trinajstić information content (AvgIpc) is 3.20. The second kappa shape index (κ2) is 12.9. The van der Waals surface area contributed by atoms with Gasteiger partial charge in [-0.25, -0.2) is 0 Å². The van der Waals surface area contributed by atoms with Gasteiger partial charge in [0.2, 0.25) is 0 Å². The van der Waals surface area contributed by atoms with Crippen molar-refractivity contribution in [2.45, 2.75) is 162 Å². The second-order valence-electron chi connectivity index (χ2n) is 18.6. The van der Waals surface area contributed by atoms with Crippen LogP contribution in [0.25, 0.3) is 0 Å². The van der Waals surface area contributed by atoms with Gasteiger partial charge < -0.3 is 18.0 Å². The van der Waals surface area contributed by atoms with Gasteiger partial charge in [-0.1, -0.05) is 20.8 Å². The fraction of sp³-hybridized carbons (Fsp3) is 0.971. The van der Waals surface area contributed by atoms with Crippen LogP contribution in [0.4, 0.5) is 0 Å². The minimum absolute atomic E-state index is 0.0792. The highest BCUT2D eigenvalue weighted by molar-refractivity contribution is 6.70. The number of rotatable bonds is 11. The van der Waals surface area contributed by atoms with E-state index >= 15 is 0 Å².